The van der Waals surface area contributed by atoms with Crippen molar-refractivity contribution in [3.63, 3.8) is 0 Å². The van der Waals surface area contributed by atoms with Gasteiger partial charge in [-0.25, -0.2) is 0 Å². The van der Waals surface area contributed by atoms with Gasteiger partial charge in [0, 0.05) is 12.6 Å². The van der Waals surface area contributed by atoms with Crippen LogP contribution in [0.1, 0.15) is 56.7 Å². The lowest BCUT2D eigenvalue weighted by Crippen LogP contribution is -2.22. The van der Waals surface area contributed by atoms with Crippen molar-refractivity contribution in [2.75, 3.05) is 19.8 Å². The van der Waals surface area contributed by atoms with Gasteiger partial charge in [0.05, 0.1) is 24.9 Å². The van der Waals surface area contributed by atoms with Gasteiger partial charge in [0.25, 0.3) is 0 Å². The second-order valence-electron chi connectivity index (χ2n) is 6.35. The van der Waals surface area contributed by atoms with Gasteiger partial charge in [0.2, 0.25) is 0 Å². The van der Waals surface area contributed by atoms with Crippen LogP contribution in [0.2, 0.25) is 0 Å². The first-order valence-electron chi connectivity index (χ1n) is 9.33. The predicted molar refractivity (Wildman–Crippen MR) is 97.0 cm³/mol. The fourth-order valence-electron chi connectivity index (χ4n) is 3.42. The molecule has 1 aliphatic rings. The monoisotopic (exact) mass is 344 g/mol. The summed E-state index contributed by atoms with van der Waals surface area (Å²) in [6.07, 6.45) is 3.21. The molecule has 2 heterocycles. The minimum Gasteiger partial charge on any atom is -0.490 e. The third-order valence-corrected chi connectivity index (χ3v) is 4.62. The molecule has 0 aliphatic carbocycles. The predicted octanol–water partition coefficient (Wildman–Crippen LogP) is 4.37. The summed E-state index contributed by atoms with van der Waals surface area (Å²) in [5.41, 5.74) is 2.26. The fraction of sp³-hybridized carbons (Fsp3) is 0.550. The van der Waals surface area contributed by atoms with E-state index in [0.717, 1.165) is 48.9 Å². The lowest BCUT2D eigenvalue weighted by atomic mass is 10.1. The van der Waals surface area contributed by atoms with Crippen molar-refractivity contribution in [1.29, 1.82) is 0 Å². The lowest BCUT2D eigenvalue weighted by molar-refractivity contribution is 0.206. The Hall–Kier alpha value is -2.01. The first-order valence-corrected chi connectivity index (χ1v) is 9.33. The number of aryl methyl sites for hydroxylation is 1. The van der Waals surface area contributed by atoms with E-state index in [1.54, 1.807) is 0 Å². The summed E-state index contributed by atoms with van der Waals surface area (Å²) in [5.74, 6) is 2.63. The largest absolute Gasteiger partial charge is 0.490 e. The minimum atomic E-state index is 0.315. The molecule has 1 fully saturated rings. The SMILES string of the molecule is CCOc1ccc(CN2CCC[C@@H]2c2cc(CC)no2)cc1OCC. The van der Waals surface area contributed by atoms with Crippen LogP contribution in [-0.4, -0.2) is 29.8 Å². The highest BCUT2D eigenvalue weighted by atomic mass is 16.5. The zero-order chi connectivity index (χ0) is 17.6. The van der Waals surface area contributed by atoms with Crippen LogP contribution in [-0.2, 0) is 13.0 Å². The molecule has 25 heavy (non-hydrogen) atoms. The molecular formula is C20H28N2O3. The van der Waals surface area contributed by atoms with Crippen molar-refractivity contribution in [2.45, 2.75) is 52.6 Å². The maximum absolute atomic E-state index is 5.75. The first-order chi connectivity index (χ1) is 12.2. The van der Waals surface area contributed by atoms with Gasteiger partial charge in [-0.05, 0) is 57.4 Å². The molecule has 136 valence electrons. The minimum absolute atomic E-state index is 0.315. The van der Waals surface area contributed by atoms with Crippen molar-refractivity contribution in [2.24, 2.45) is 0 Å². The van der Waals surface area contributed by atoms with Gasteiger partial charge in [-0.15, -0.1) is 0 Å². The highest BCUT2D eigenvalue weighted by Gasteiger charge is 2.29. The van der Waals surface area contributed by atoms with Crippen molar-refractivity contribution in [3.8, 4) is 11.5 Å². The van der Waals surface area contributed by atoms with Crippen LogP contribution < -0.4 is 9.47 Å². The molecule has 1 saturated heterocycles. The van der Waals surface area contributed by atoms with E-state index in [-0.39, 0.29) is 0 Å². The van der Waals surface area contributed by atoms with Crippen molar-refractivity contribution < 1.29 is 14.0 Å². The van der Waals surface area contributed by atoms with Crippen molar-refractivity contribution in [3.05, 3.63) is 41.3 Å². The number of hydrogen-bond acceptors (Lipinski definition) is 5. The van der Waals surface area contributed by atoms with E-state index in [1.807, 2.05) is 19.9 Å². The van der Waals surface area contributed by atoms with Crippen LogP contribution >= 0.6 is 0 Å². The Kier molecular flexibility index (Phi) is 5.97. The van der Waals surface area contributed by atoms with E-state index in [9.17, 15) is 0 Å². The Bertz CT molecular complexity index is 683. The number of benzene rings is 1. The zero-order valence-corrected chi connectivity index (χ0v) is 15.5. The Morgan fingerprint density at radius 3 is 2.64 bits per heavy atom. The van der Waals surface area contributed by atoms with Gasteiger partial charge < -0.3 is 14.0 Å². The first kappa shape index (κ1) is 17.8. The molecule has 2 aromatic rings. The summed E-state index contributed by atoms with van der Waals surface area (Å²) >= 11 is 0. The molecule has 3 rings (SSSR count). The maximum atomic E-state index is 5.75. The smallest absolute Gasteiger partial charge is 0.161 e. The molecule has 0 bridgehead atoms. The molecule has 1 atom stereocenters. The highest BCUT2D eigenvalue weighted by Crippen LogP contribution is 2.35. The number of nitrogens with zero attached hydrogens (tertiary/aromatic N) is 2. The fourth-order valence-corrected chi connectivity index (χ4v) is 3.42. The Balaban J connectivity index is 1.75. The van der Waals surface area contributed by atoms with Gasteiger partial charge in [-0.1, -0.05) is 18.1 Å². The molecule has 0 amide bonds. The van der Waals surface area contributed by atoms with Gasteiger partial charge in [0.15, 0.2) is 17.3 Å². The van der Waals surface area contributed by atoms with Crippen LogP contribution in [0.15, 0.2) is 28.8 Å². The normalized spacial score (nSPS) is 17.8. The standard InChI is InChI=1S/C20H28N2O3/c1-4-16-13-19(25-21-16)17-8-7-11-22(17)14-15-9-10-18(23-5-2)20(12-15)24-6-3/h9-10,12-13,17H,4-8,11,14H2,1-3H3/t17-/m1/s1. The van der Waals surface area contributed by atoms with Crippen molar-refractivity contribution in [1.82, 2.24) is 10.1 Å². The molecule has 1 aromatic carbocycles. The number of aromatic nitrogens is 1. The summed E-state index contributed by atoms with van der Waals surface area (Å²) in [4.78, 5) is 2.46. The second kappa shape index (κ2) is 8.39. The van der Waals surface area contributed by atoms with Crippen LogP contribution in [0.5, 0.6) is 11.5 Å². The lowest BCUT2D eigenvalue weighted by Gasteiger charge is -2.23. The van der Waals surface area contributed by atoms with Gasteiger partial charge >= 0.3 is 0 Å². The van der Waals surface area contributed by atoms with Crippen LogP contribution in [0, 0.1) is 0 Å². The molecule has 0 unspecified atom stereocenters. The van der Waals surface area contributed by atoms with E-state index in [4.69, 9.17) is 14.0 Å². The van der Waals surface area contributed by atoms with E-state index in [2.05, 4.69) is 35.2 Å². The third kappa shape index (κ3) is 4.15. The summed E-state index contributed by atoms with van der Waals surface area (Å²) in [6, 6.07) is 8.66. The summed E-state index contributed by atoms with van der Waals surface area (Å²) in [5, 5.41) is 4.15. The van der Waals surface area contributed by atoms with Crippen LogP contribution in [0.25, 0.3) is 0 Å². The van der Waals surface area contributed by atoms with Crippen LogP contribution in [0.4, 0.5) is 0 Å². The highest BCUT2D eigenvalue weighted by molar-refractivity contribution is 5.43. The second-order valence-corrected chi connectivity index (χ2v) is 6.35. The molecular weight excluding hydrogens is 316 g/mol. The summed E-state index contributed by atoms with van der Waals surface area (Å²) in [7, 11) is 0. The molecule has 1 aromatic heterocycles. The Labute approximate surface area is 149 Å². The molecule has 0 spiro atoms. The molecule has 1 aliphatic heterocycles. The van der Waals surface area contributed by atoms with E-state index < -0.39 is 0 Å². The molecule has 5 heteroatoms. The van der Waals surface area contributed by atoms with Crippen molar-refractivity contribution >= 4 is 0 Å². The van der Waals surface area contributed by atoms with Crippen LogP contribution in [0.3, 0.4) is 0 Å². The number of rotatable bonds is 8. The van der Waals surface area contributed by atoms with Gasteiger partial charge in [-0.3, -0.25) is 4.90 Å². The van der Waals surface area contributed by atoms with Gasteiger partial charge in [-0.2, -0.15) is 0 Å². The summed E-state index contributed by atoms with van der Waals surface area (Å²) < 4.78 is 17.0. The molecule has 0 N–H and O–H groups in total. The number of likely N-dealkylation sites (tertiary alicyclic amines) is 1. The average molecular weight is 344 g/mol. The van der Waals surface area contributed by atoms with E-state index in [1.165, 1.54) is 12.0 Å². The number of hydrogen-bond donors (Lipinski definition) is 0. The zero-order valence-electron chi connectivity index (χ0n) is 15.5. The third-order valence-electron chi connectivity index (χ3n) is 4.62. The quantitative estimate of drug-likeness (QED) is 0.711. The maximum Gasteiger partial charge on any atom is 0.161 e. The Morgan fingerprint density at radius 1 is 1.12 bits per heavy atom. The van der Waals surface area contributed by atoms with Gasteiger partial charge in [0.1, 0.15) is 0 Å². The average Bonchev–Trinajstić information content (AvgIpc) is 3.26. The number of ether oxygens (including phenoxy) is 2. The Morgan fingerprint density at radius 2 is 1.92 bits per heavy atom. The molecule has 0 radical (unpaired) electrons. The van der Waals surface area contributed by atoms with E-state index >= 15 is 0 Å². The van der Waals surface area contributed by atoms with E-state index in [0.29, 0.717) is 19.3 Å². The molecule has 5 nitrogen and oxygen atoms in total. The summed E-state index contributed by atoms with van der Waals surface area (Å²) in [6.45, 7) is 9.30. The topological polar surface area (TPSA) is 47.7 Å². The molecule has 0 saturated carbocycles.